The fourth-order valence-corrected chi connectivity index (χ4v) is 5.45. The lowest BCUT2D eigenvalue weighted by Crippen LogP contribution is -2.40. The second-order valence-electron chi connectivity index (χ2n) is 6.28. The second kappa shape index (κ2) is 5.97. The van der Waals surface area contributed by atoms with Crippen LogP contribution < -0.4 is 5.73 Å². The largest absolute Gasteiger partial charge is 0.398 e. The Morgan fingerprint density at radius 1 is 1.05 bits per heavy atom. The lowest BCUT2D eigenvalue weighted by molar-refractivity contribution is 0.376. The molecule has 0 heterocycles. The Morgan fingerprint density at radius 3 is 2.33 bits per heavy atom. The van der Waals surface area contributed by atoms with Gasteiger partial charge >= 0.3 is 0 Å². The first-order valence-electron chi connectivity index (χ1n) is 7.93. The van der Waals surface area contributed by atoms with Gasteiger partial charge < -0.3 is 5.73 Å². The highest BCUT2D eigenvalue weighted by atomic mass is 32.2. The molecule has 0 radical (unpaired) electrons. The van der Waals surface area contributed by atoms with Crippen molar-refractivity contribution in [3.05, 3.63) is 29.8 Å². The van der Waals surface area contributed by atoms with E-state index in [4.69, 9.17) is 5.73 Å². The highest BCUT2D eigenvalue weighted by molar-refractivity contribution is 7.89. The molecule has 2 aliphatic rings. The molecule has 3 rings (SSSR count). The van der Waals surface area contributed by atoms with E-state index in [1.165, 1.54) is 6.42 Å². The third-order valence-electron chi connectivity index (χ3n) is 4.64. The molecule has 2 saturated carbocycles. The van der Waals surface area contributed by atoms with Crippen LogP contribution in [0.5, 0.6) is 0 Å². The van der Waals surface area contributed by atoms with Crippen molar-refractivity contribution in [1.29, 1.82) is 0 Å². The molecule has 2 aliphatic carbocycles. The summed E-state index contributed by atoms with van der Waals surface area (Å²) in [5.41, 5.74) is 7.59. The van der Waals surface area contributed by atoms with Gasteiger partial charge in [-0.15, -0.1) is 0 Å². The van der Waals surface area contributed by atoms with Gasteiger partial charge in [-0.3, -0.25) is 0 Å². The zero-order valence-corrected chi connectivity index (χ0v) is 13.2. The van der Waals surface area contributed by atoms with Crippen molar-refractivity contribution in [2.24, 2.45) is 0 Å². The van der Waals surface area contributed by atoms with Gasteiger partial charge in [-0.05, 0) is 37.3 Å². The van der Waals surface area contributed by atoms with Crippen molar-refractivity contribution in [2.45, 2.75) is 62.8 Å². The van der Waals surface area contributed by atoms with Gasteiger partial charge in [0.2, 0.25) is 10.0 Å². The number of rotatable bonds is 5. The van der Waals surface area contributed by atoms with Crippen molar-refractivity contribution in [3.8, 4) is 0 Å². The minimum absolute atomic E-state index is 0.184. The van der Waals surface area contributed by atoms with Crippen molar-refractivity contribution >= 4 is 15.7 Å². The maximum Gasteiger partial charge on any atom is 0.217 e. The first-order chi connectivity index (χ1) is 10.1. The molecule has 21 heavy (non-hydrogen) atoms. The van der Waals surface area contributed by atoms with Crippen LogP contribution in [0.2, 0.25) is 0 Å². The van der Waals surface area contributed by atoms with Crippen molar-refractivity contribution in [3.63, 3.8) is 0 Å². The Kier molecular flexibility index (Phi) is 4.22. The Labute approximate surface area is 127 Å². The van der Waals surface area contributed by atoms with E-state index < -0.39 is 10.0 Å². The molecule has 0 saturated heterocycles. The predicted octanol–water partition coefficient (Wildman–Crippen LogP) is 2.90. The first kappa shape index (κ1) is 14.9. The molecule has 1 aromatic carbocycles. The summed E-state index contributed by atoms with van der Waals surface area (Å²) in [5.74, 6) is 0. The fourth-order valence-electron chi connectivity index (χ4n) is 3.19. The van der Waals surface area contributed by atoms with E-state index in [-0.39, 0.29) is 11.3 Å². The van der Waals surface area contributed by atoms with E-state index >= 15 is 0 Å². The van der Waals surface area contributed by atoms with Crippen LogP contribution in [0.25, 0.3) is 0 Å². The summed E-state index contributed by atoms with van der Waals surface area (Å²) in [6, 6.07) is 7.77. The molecule has 0 unspecified atom stereocenters. The molecule has 0 spiro atoms. The Bertz CT molecular complexity index is 590. The summed E-state index contributed by atoms with van der Waals surface area (Å²) in [4.78, 5) is 0. The number of benzene rings is 1. The highest BCUT2D eigenvalue weighted by Gasteiger charge is 2.41. The van der Waals surface area contributed by atoms with Crippen molar-refractivity contribution < 1.29 is 8.42 Å². The lowest BCUT2D eigenvalue weighted by atomic mass is 10.0. The molecule has 0 atom stereocenters. The van der Waals surface area contributed by atoms with Crippen molar-refractivity contribution in [2.75, 3.05) is 5.73 Å². The molecule has 2 N–H and O–H groups in total. The van der Waals surface area contributed by atoms with Crippen LogP contribution in [0.15, 0.2) is 24.3 Å². The number of nitrogens with zero attached hydrogens (tertiary/aromatic N) is 1. The second-order valence-corrected chi connectivity index (χ2v) is 8.45. The SMILES string of the molecule is Nc1ccccc1CN(C1CC1)S(=O)(=O)C1CCCCC1. The smallest absolute Gasteiger partial charge is 0.217 e. The number of anilines is 1. The molecular weight excluding hydrogens is 284 g/mol. The van der Waals surface area contributed by atoms with Crippen LogP contribution in [0.1, 0.15) is 50.5 Å². The molecule has 0 aliphatic heterocycles. The summed E-state index contributed by atoms with van der Waals surface area (Å²) in [7, 11) is -3.20. The third kappa shape index (κ3) is 3.24. The van der Waals surface area contributed by atoms with E-state index in [0.29, 0.717) is 12.2 Å². The first-order valence-corrected chi connectivity index (χ1v) is 9.43. The normalized spacial score (nSPS) is 20.8. The molecule has 116 valence electrons. The van der Waals surface area contributed by atoms with Gasteiger partial charge in [0.25, 0.3) is 0 Å². The van der Waals surface area contributed by atoms with Gasteiger partial charge in [0.1, 0.15) is 0 Å². The van der Waals surface area contributed by atoms with Gasteiger partial charge in [0.05, 0.1) is 5.25 Å². The summed E-state index contributed by atoms with van der Waals surface area (Å²) in [6.45, 7) is 0.427. The van der Waals surface area contributed by atoms with Gasteiger partial charge in [-0.1, -0.05) is 37.5 Å². The van der Waals surface area contributed by atoms with Gasteiger partial charge in [-0.25, -0.2) is 8.42 Å². The molecule has 0 bridgehead atoms. The molecule has 4 nitrogen and oxygen atoms in total. The number of nitrogens with two attached hydrogens (primary N) is 1. The maximum atomic E-state index is 13.0. The van der Waals surface area contributed by atoms with Gasteiger partial charge in [0.15, 0.2) is 0 Å². The zero-order chi connectivity index (χ0) is 14.9. The van der Waals surface area contributed by atoms with E-state index in [2.05, 4.69) is 0 Å². The van der Waals surface area contributed by atoms with E-state index in [1.54, 1.807) is 4.31 Å². The number of hydrogen-bond donors (Lipinski definition) is 1. The summed E-state index contributed by atoms with van der Waals surface area (Å²) >= 11 is 0. The Balaban J connectivity index is 1.82. The van der Waals surface area contributed by atoms with E-state index in [1.807, 2.05) is 24.3 Å². The monoisotopic (exact) mass is 308 g/mol. The summed E-state index contributed by atoms with van der Waals surface area (Å²) in [5, 5.41) is -0.184. The number of nitrogen functional groups attached to an aromatic ring is 1. The molecule has 0 aromatic heterocycles. The van der Waals surface area contributed by atoms with Crippen LogP contribution in [-0.4, -0.2) is 24.0 Å². The topological polar surface area (TPSA) is 63.4 Å². The van der Waals surface area contributed by atoms with Crippen LogP contribution in [0.3, 0.4) is 0 Å². The number of hydrogen-bond acceptors (Lipinski definition) is 3. The average molecular weight is 308 g/mol. The zero-order valence-electron chi connectivity index (χ0n) is 12.4. The molecular formula is C16H24N2O2S. The van der Waals surface area contributed by atoms with Crippen LogP contribution in [0.4, 0.5) is 5.69 Å². The quantitative estimate of drug-likeness (QED) is 0.851. The highest BCUT2D eigenvalue weighted by Crippen LogP contribution is 2.36. The molecule has 2 fully saturated rings. The number of para-hydroxylation sites is 1. The van der Waals surface area contributed by atoms with Crippen molar-refractivity contribution in [1.82, 2.24) is 4.31 Å². The number of sulfonamides is 1. The minimum Gasteiger partial charge on any atom is -0.398 e. The summed E-state index contributed by atoms with van der Waals surface area (Å²) < 4.78 is 27.7. The maximum absolute atomic E-state index is 13.0. The lowest BCUT2D eigenvalue weighted by Gasteiger charge is -2.30. The molecule has 1 aromatic rings. The molecule has 5 heteroatoms. The van der Waals surface area contributed by atoms with Gasteiger partial charge in [0, 0.05) is 18.3 Å². The standard InChI is InChI=1S/C16H24N2O2S/c17-16-9-5-4-6-13(16)12-18(14-10-11-14)21(19,20)15-7-2-1-3-8-15/h4-6,9,14-15H,1-3,7-8,10-12,17H2. The third-order valence-corrected chi connectivity index (χ3v) is 7.03. The fraction of sp³-hybridized carbons (Fsp3) is 0.625. The summed E-state index contributed by atoms with van der Waals surface area (Å²) in [6.07, 6.45) is 6.84. The average Bonchev–Trinajstić information content (AvgIpc) is 3.31. The van der Waals surface area contributed by atoms with E-state index in [0.717, 1.165) is 44.1 Å². The van der Waals surface area contributed by atoms with Crippen LogP contribution >= 0.6 is 0 Å². The Hall–Kier alpha value is -1.07. The van der Waals surface area contributed by atoms with Gasteiger partial charge in [-0.2, -0.15) is 4.31 Å². The van der Waals surface area contributed by atoms with Crippen LogP contribution in [-0.2, 0) is 16.6 Å². The van der Waals surface area contributed by atoms with Crippen LogP contribution in [0, 0.1) is 0 Å². The molecule has 0 amide bonds. The Morgan fingerprint density at radius 2 is 1.71 bits per heavy atom. The van der Waals surface area contributed by atoms with E-state index in [9.17, 15) is 8.42 Å². The predicted molar refractivity (Wildman–Crippen MR) is 85.2 cm³/mol. The minimum atomic E-state index is -3.20.